The molecule has 10 heteroatoms. The van der Waals surface area contributed by atoms with Gasteiger partial charge in [-0.3, -0.25) is 14.4 Å². The summed E-state index contributed by atoms with van der Waals surface area (Å²) in [5.74, 6) is 0.597. The normalized spacial score (nSPS) is 12.3. The van der Waals surface area contributed by atoms with Gasteiger partial charge in [0.15, 0.2) is 5.82 Å². The molecule has 10 nitrogen and oxygen atoms in total. The summed E-state index contributed by atoms with van der Waals surface area (Å²) in [6.45, 7) is 4.84. The first-order valence-corrected chi connectivity index (χ1v) is 13.6. The Balaban J connectivity index is 1.23. The van der Waals surface area contributed by atoms with Crippen molar-refractivity contribution in [3.05, 3.63) is 101 Å². The van der Waals surface area contributed by atoms with Gasteiger partial charge in [-0.2, -0.15) is 0 Å². The second-order valence-electron chi connectivity index (χ2n) is 9.97. The minimum Gasteiger partial charge on any atom is -0.493 e. The molecule has 0 bridgehead atoms. The Morgan fingerprint density at radius 3 is 2.50 bits per heavy atom. The van der Waals surface area contributed by atoms with E-state index in [0.29, 0.717) is 59.3 Å². The molecule has 0 radical (unpaired) electrons. The number of fused-ring (bicyclic) bond motifs is 2. The maximum absolute atomic E-state index is 13.4. The minimum atomic E-state index is -0.908. The number of hydrogen-bond donors (Lipinski definition) is 2. The van der Waals surface area contributed by atoms with Crippen LogP contribution in [-0.4, -0.2) is 53.1 Å². The van der Waals surface area contributed by atoms with Crippen LogP contribution in [0.5, 0.6) is 5.75 Å². The molecule has 2 N–H and O–H groups in total. The van der Waals surface area contributed by atoms with Gasteiger partial charge in [-0.05, 0) is 79.1 Å². The van der Waals surface area contributed by atoms with Crippen LogP contribution < -0.4 is 19.9 Å². The molecular formula is C32H31N5O5. The van der Waals surface area contributed by atoms with E-state index in [0.717, 1.165) is 16.8 Å². The molecule has 1 aliphatic heterocycles. The Morgan fingerprint density at radius 2 is 1.79 bits per heavy atom. The average Bonchev–Trinajstić information content (AvgIpc) is 3.07. The number of ether oxygens (including phenoxy) is 1. The molecular weight excluding hydrogens is 534 g/mol. The number of amides is 2. The monoisotopic (exact) mass is 565 g/mol. The number of aromatic nitrogens is 2. The van der Waals surface area contributed by atoms with E-state index in [1.165, 1.54) is 0 Å². The molecule has 2 aromatic carbocycles. The van der Waals surface area contributed by atoms with E-state index >= 15 is 0 Å². The zero-order chi connectivity index (χ0) is 29.8. The molecule has 1 aliphatic rings. The van der Waals surface area contributed by atoms with Gasteiger partial charge in [-0.15, -0.1) is 0 Å². The second-order valence-corrected chi connectivity index (χ2v) is 9.97. The topological polar surface area (TPSA) is 125 Å². The van der Waals surface area contributed by atoms with Crippen LogP contribution in [0, 0.1) is 6.92 Å². The Kier molecular flexibility index (Phi) is 8.14. The largest absolute Gasteiger partial charge is 0.493 e. The average molecular weight is 566 g/mol. The van der Waals surface area contributed by atoms with Crippen LogP contribution >= 0.6 is 0 Å². The number of rotatable bonds is 9. The summed E-state index contributed by atoms with van der Waals surface area (Å²) in [7, 11) is 1.74. The molecule has 0 atom stereocenters. The first kappa shape index (κ1) is 28.3. The van der Waals surface area contributed by atoms with Crippen molar-refractivity contribution in [1.82, 2.24) is 9.97 Å². The van der Waals surface area contributed by atoms with E-state index in [1.54, 1.807) is 66.8 Å². The fourth-order valence-electron chi connectivity index (χ4n) is 4.87. The van der Waals surface area contributed by atoms with Crippen molar-refractivity contribution >= 4 is 40.8 Å². The summed E-state index contributed by atoms with van der Waals surface area (Å²) >= 11 is 0. The Morgan fingerprint density at radius 1 is 1.00 bits per heavy atom. The number of anilines is 4. The number of carboxylic acids is 1. The summed E-state index contributed by atoms with van der Waals surface area (Å²) in [5.41, 5.74) is 4.63. The highest BCUT2D eigenvalue weighted by atomic mass is 16.5. The van der Waals surface area contributed by atoms with Crippen molar-refractivity contribution in [2.45, 2.75) is 26.7 Å². The van der Waals surface area contributed by atoms with Crippen LogP contribution in [-0.2, 0) is 17.6 Å². The lowest BCUT2D eigenvalue weighted by Crippen LogP contribution is -2.25. The molecule has 3 heterocycles. The number of carbonyl (C=O) groups is 3. The van der Waals surface area contributed by atoms with Crippen molar-refractivity contribution in [3.63, 3.8) is 0 Å². The maximum atomic E-state index is 13.4. The van der Waals surface area contributed by atoms with Gasteiger partial charge in [-0.25, -0.2) is 9.97 Å². The van der Waals surface area contributed by atoms with Crippen LogP contribution in [0.1, 0.15) is 44.3 Å². The summed E-state index contributed by atoms with van der Waals surface area (Å²) in [5, 5.41) is 11.7. The number of aliphatic carboxylic acids is 1. The van der Waals surface area contributed by atoms with Crippen molar-refractivity contribution < 1.29 is 24.2 Å². The van der Waals surface area contributed by atoms with E-state index in [2.05, 4.69) is 15.3 Å². The van der Waals surface area contributed by atoms with E-state index in [-0.39, 0.29) is 18.2 Å². The number of nitrogens with one attached hydrogen (secondary N) is 1. The van der Waals surface area contributed by atoms with Gasteiger partial charge < -0.3 is 25.0 Å². The van der Waals surface area contributed by atoms with Crippen LogP contribution in [0.4, 0.5) is 23.0 Å². The van der Waals surface area contributed by atoms with Crippen molar-refractivity contribution in [1.29, 1.82) is 0 Å². The highest BCUT2D eigenvalue weighted by Gasteiger charge is 2.30. The van der Waals surface area contributed by atoms with Gasteiger partial charge in [0.2, 0.25) is 0 Å². The van der Waals surface area contributed by atoms with Gasteiger partial charge in [0.25, 0.3) is 11.8 Å². The van der Waals surface area contributed by atoms with Crippen molar-refractivity contribution in [2.24, 2.45) is 0 Å². The molecule has 0 aliphatic carbocycles. The number of carboxylic acid groups (broad SMARTS) is 1. The smallest absolute Gasteiger partial charge is 0.307 e. The molecule has 5 rings (SSSR count). The summed E-state index contributed by atoms with van der Waals surface area (Å²) in [6, 6.07) is 17.5. The highest BCUT2D eigenvalue weighted by Crippen LogP contribution is 2.37. The van der Waals surface area contributed by atoms with Crippen molar-refractivity contribution in [2.75, 3.05) is 35.3 Å². The van der Waals surface area contributed by atoms with Gasteiger partial charge in [0.1, 0.15) is 11.6 Å². The SMILES string of the molecule is CCN1c2ncc(CCOc3ccc(C(=O)Nc4ccc(CC(=O)O)cc4)cc3C)cc2C(=O)N(C)c2cccnc21. The van der Waals surface area contributed by atoms with E-state index in [9.17, 15) is 14.4 Å². The fraction of sp³-hybridized carbons (Fsp3) is 0.219. The van der Waals surface area contributed by atoms with Gasteiger partial charge in [-0.1, -0.05) is 12.1 Å². The molecule has 4 aromatic rings. The lowest BCUT2D eigenvalue weighted by molar-refractivity contribution is -0.136. The third-order valence-electron chi connectivity index (χ3n) is 7.07. The zero-order valence-corrected chi connectivity index (χ0v) is 23.6. The van der Waals surface area contributed by atoms with E-state index in [4.69, 9.17) is 9.84 Å². The Bertz CT molecular complexity index is 1650. The molecule has 0 unspecified atom stereocenters. The Labute approximate surface area is 243 Å². The van der Waals surface area contributed by atoms with Crippen molar-refractivity contribution in [3.8, 4) is 5.75 Å². The van der Waals surface area contributed by atoms with Gasteiger partial charge in [0, 0.05) is 43.7 Å². The number of aryl methyl sites for hydroxylation is 1. The van der Waals surface area contributed by atoms with E-state index in [1.807, 2.05) is 36.9 Å². The predicted molar refractivity (Wildman–Crippen MR) is 160 cm³/mol. The predicted octanol–water partition coefficient (Wildman–Crippen LogP) is 5.03. The molecule has 0 saturated carbocycles. The molecule has 2 aromatic heterocycles. The molecule has 214 valence electrons. The zero-order valence-electron chi connectivity index (χ0n) is 23.6. The lowest BCUT2D eigenvalue weighted by atomic mass is 10.1. The quantitative estimate of drug-likeness (QED) is 0.289. The third kappa shape index (κ3) is 5.92. The molecule has 2 amide bonds. The number of nitrogens with zero attached hydrogens (tertiary/aromatic N) is 4. The lowest BCUT2D eigenvalue weighted by Gasteiger charge is -2.22. The van der Waals surface area contributed by atoms with Crippen LogP contribution in [0.15, 0.2) is 73.1 Å². The molecule has 0 saturated heterocycles. The van der Waals surface area contributed by atoms with Crippen LogP contribution in [0.2, 0.25) is 0 Å². The molecule has 42 heavy (non-hydrogen) atoms. The molecule has 0 spiro atoms. The maximum Gasteiger partial charge on any atom is 0.307 e. The highest BCUT2D eigenvalue weighted by molar-refractivity contribution is 6.12. The van der Waals surface area contributed by atoms with Gasteiger partial charge >= 0.3 is 5.97 Å². The summed E-state index contributed by atoms with van der Waals surface area (Å²) in [6.07, 6.45) is 3.94. The number of benzene rings is 2. The summed E-state index contributed by atoms with van der Waals surface area (Å²) < 4.78 is 6.03. The number of carbonyl (C=O) groups excluding carboxylic acids is 2. The van der Waals surface area contributed by atoms with Crippen LogP contribution in [0.3, 0.4) is 0 Å². The third-order valence-corrected chi connectivity index (χ3v) is 7.07. The second kappa shape index (κ2) is 12.1. The number of hydrogen-bond acceptors (Lipinski definition) is 7. The summed E-state index contributed by atoms with van der Waals surface area (Å²) in [4.78, 5) is 49.7. The number of pyridine rings is 2. The van der Waals surface area contributed by atoms with Crippen LogP contribution in [0.25, 0.3) is 0 Å². The van der Waals surface area contributed by atoms with E-state index < -0.39 is 5.97 Å². The minimum absolute atomic E-state index is 0.0721. The first-order valence-electron chi connectivity index (χ1n) is 13.6. The first-order chi connectivity index (χ1) is 20.2. The molecule has 0 fully saturated rings. The Hall–Kier alpha value is -5.25. The van der Waals surface area contributed by atoms with Gasteiger partial charge in [0.05, 0.1) is 24.3 Å². The fourth-order valence-corrected chi connectivity index (χ4v) is 4.87. The standard InChI is InChI=1S/C32H31N5O5/c1-4-37-29-25(32(41)36(3)26-6-5-14-33-30(26)37)17-22(19-34-29)13-15-42-27-12-9-23(16-20(27)2)31(40)35-24-10-7-21(8-11-24)18-28(38)39/h5-12,14,16-17,19H,4,13,15,18H2,1-3H3,(H,35,40)(H,38,39).